The Bertz CT molecular complexity index is 748. The summed E-state index contributed by atoms with van der Waals surface area (Å²) in [6.45, 7) is 8.33. The van der Waals surface area contributed by atoms with E-state index in [0.29, 0.717) is 17.0 Å². The van der Waals surface area contributed by atoms with Gasteiger partial charge in [-0.25, -0.2) is 0 Å². The van der Waals surface area contributed by atoms with Crippen LogP contribution in [0.25, 0.3) is 0 Å². The maximum atomic E-state index is 12.6. The second-order valence-corrected chi connectivity index (χ2v) is 6.92. The largest absolute Gasteiger partial charge is 0.374 e. The van der Waals surface area contributed by atoms with Crippen molar-refractivity contribution >= 4 is 23.2 Å². The van der Waals surface area contributed by atoms with E-state index in [4.69, 9.17) is 0 Å². The smallest absolute Gasteiger partial charge is 0.285 e. The fourth-order valence-corrected chi connectivity index (χ4v) is 3.48. The Hall–Kier alpha value is -2.25. The maximum Gasteiger partial charge on any atom is 0.285 e. The molecule has 0 aliphatic carbocycles. The predicted octanol–water partition coefficient (Wildman–Crippen LogP) is 1.37. The Morgan fingerprint density at radius 2 is 2.19 bits per heavy atom. The highest BCUT2D eigenvalue weighted by Crippen LogP contribution is 2.29. The predicted molar refractivity (Wildman–Crippen MR) is 100 cm³/mol. The lowest BCUT2D eigenvalue weighted by molar-refractivity contribution is -0.129. The molecule has 2 aliphatic heterocycles. The van der Waals surface area contributed by atoms with E-state index in [1.54, 1.807) is 38.1 Å². The van der Waals surface area contributed by atoms with Crippen LogP contribution in [0.3, 0.4) is 0 Å². The van der Waals surface area contributed by atoms with Gasteiger partial charge in [-0.2, -0.15) is 10.1 Å². The minimum Gasteiger partial charge on any atom is -0.374 e. The standard InChI is InChI=1S/C19H26N4O3/c1-4-19(26)13(3)21-23(18(19)25)16-8-6-7-14(11-16)17(24)20-15-9-10-22(5-2)12-15/h6-8,11,15,26H,4-5,9-10,12H2,1-3H3,(H,20,24)/t15-,19-/m0/s1. The number of hydrogen-bond acceptors (Lipinski definition) is 5. The molecular formula is C19H26N4O3. The topological polar surface area (TPSA) is 85.2 Å². The Morgan fingerprint density at radius 1 is 1.42 bits per heavy atom. The van der Waals surface area contributed by atoms with E-state index in [9.17, 15) is 14.7 Å². The van der Waals surface area contributed by atoms with Crippen molar-refractivity contribution in [2.24, 2.45) is 5.10 Å². The first-order chi connectivity index (χ1) is 12.4. The Morgan fingerprint density at radius 3 is 2.81 bits per heavy atom. The lowest BCUT2D eigenvalue weighted by Gasteiger charge is -2.20. The second-order valence-electron chi connectivity index (χ2n) is 6.92. The van der Waals surface area contributed by atoms with E-state index in [1.165, 1.54) is 5.01 Å². The number of likely N-dealkylation sites (tertiary alicyclic amines) is 1. The molecule has 0 unspecified atom stereocenters. The average molecular weight is 358 g/mol. The summed E-state index contributed by atoms with van der Waals surface area (Å²) in [5, 5.41) is 18.9. The first-order valence-electron chi connectivity index (χ1n) is 9.15. The van der Waals surface area contributed by atoms with Crippen molar-refractivity contribution in [2.45, 2.75) is 45.3 Å². The number of rotatable bonds is 5. The van der Waals surface area contributed by atoms with Gasteiger partial charge in [0.05, 0.1) is 11.4 Å². The number of aliphatic hydroxyl groups is 1. The number of anilines is 1. The van der Waals surface area contributed by atoms with Gasteiger partial charge in [0.25, 0.3) is 11.8 Å². The van der Waals surface area contributed by atoms with Crippen LogP contribution < -0.4 is 10.3 Å². The fourth-order valence-electron chi connectivity index (χ4n) is 3.48. The Balaban J connectivity index is 1.75. The molecule has 2 atom stereocenters. The zero-order valence-corrected chi connectivity index (χ0v) is 15.5. The number of nitrogens with zero attached hydrogens (tertiary/aromatic N) is 3. The van der Waals surface area contributed by atoms with E-state index in [-0.39, 0.29) is 18.4 Å². The molecule has 1 aromatic carbocycles. The molecule has 1 aromatic rings. The highest BCUT2D eigenvalue weighted by Gasteiger charge is 2.46. The molecule has 0 aromatic heterocycles. The molecule has 1 fully saturated rings. The molecule has 0 radical (unpaired) electrons. The van der Waals surface area contributed by atoms with E-state index in [2.05, 4.69) is 22.2 Å². The van der Waals surface area contributed by atoms with Gasteiger partial charge in [-0.05, 0) is 44.5 Å². The fraction of sp³-hybridized carbons (Fsp3) is 0.526. The van der Waals surface area contributed by atoms with E-state index >= 15 is 0 Å². The van der Waals surface area contributed by atoms with Crippen molar-refractivity contribution in [3.8, 4) is 0 Å². The first kappa shape index (κ1) is 18.5. The van der Waals surface area contributed by atoms with Crippen molar-refractivity contribution < 1.29 is 14.7 Å². The van der Waals surface area contributed by atoms with Crippen LogP contribution in [0.15, 0.2) is 29.4 Å². The van der Waals surface area contributed by atoms with Gasteiger partial charge in [-0.3, -0.25) is 9.59 Å². The number of nitrogens with one attached hydrogen (secondary N) is 1. The van der Waals surface area contributed by atoms with Crippen molar-refractivity contribution in [2.75, 3.05) is 24.6 Å². The maximum absolute atomic E-state index is 12.6. The number of carbonyl (C=O) groups excluding carboxylic acids is 2. The lowest BCUT2D eigenvalue weighted by Crippen LogP contribution is -2.45. The molecule has 2 N–H and O–H groups in total. The van der Waals surface area contributed by atoms with Crippen molar-refractivity contribution in [3.05, 3.63) is 29.8 Å². The number of likely N-dealkylation sites (N-methyl/N-ethyl adjacent to an activating group) is 1. The molecular weight excluding hydrogens is 332 g/mol. The Kier molecular flexibility index (Phi) is 5.11. The summed E-state index contributed by atoms with van der Waals surface area (Å²) in [6.07, 6.45) is 1.20. The summed E-state index contributed by atoms with van der Waals surface area (Å²) >= 11 is 0. The number of carbonyl (C=O) groups is 2. The average Bonchev–Trinajstić information content (AvgIpc) is 3.20. The molecule has 3 rings (SSSR count). The molecule has 0 saturated carbocycles. The van der Waals surface area contributed by atoms with Gasteiger partial charge in [0.1, 0.15) is 0 Å². The molecule has 2 aliphatic rings. The van der Waals surface area contributed by atoms with Crippen LogP contribution in [0.1, 0.15) is 44.0 Å². The summed E-state index contributed by atoms with van der Waals surface area (Å²) in [5.74, 6) is -0.641. The van der Waals surface area contributed by atoms with E-state index in [1.807, 2.05) is 0 Å². The minimum absolute atomic E-state index is 0.143. The highest BCUT2D eigenvalue weighted by molar-refractivity contribution is 6.21. The summed E-state index contributed by atoms with van der Waals surface area (Å²) in [6, 6.07) is 6.93. The van der Waals surface area contributed by atoms with Gasteiger partial charge in [0.15, 0.2) is 5.60 Å². The van der Waals surface area contributed by atoms with Gasteiger partial charge in [-0.15, -0.1) is 0 Å². The summed E-state index contributed by atoms with van der Waals surface area (Å²) < 4.78 is 0. The van der Waals surface area contributed by atoms with Gasteiger partial charge < -0.3 is 15.3 Å². The summed E-state index contributed by atoms with van der Waals surface area (Å²) in [4.78, 5) is 27.4. The summed E-state index contributed by atoms with van der Waals surface area (Å²) in [7, 11) is 0. The minimum atomic E-state index is -1.56. The molecule has 26 heavy (non-hydrogen) atoms. The molecule has 0 bridgehead atoms. The van der Waals surface area contributed by atoms with Gasteiger partial charge in [0.2, 0.25) is 0 Å². The molecule has 7 heteroatoms. The van der Waals surface area contributed by atoms with Crippen LogP contribution in [0.4, 0.5) is 5.69 Å². The zero-order valence-electron chi connectivity index (χ0n) is 15.5. The number of amides is 2. The van der Waals surface area contributed by atoms with Gasteiger partial charge >= 0.3 is 0 Å². The van der Waals surface area contributed by atoms with Crippen LogP contribution in [0, 0.1) is 0 Å². The highest BCUT2D eigenvalue weighted by atomic mass is 16.3. The van der Waals surface area contributed by atoms with Crippen molar-refractivity contribution in [1.82, 2.24) is 10.2 Å². The molecule has 140 valence electrons. The SMILES string of the molecule is CCN1CC[C@H](NC(=O)c2cccc(N3N=C(C)[C@@](O)(CC)C3=O)c2)C1. The molecule has 2 heterocycles. The van der Waals surface area contributed by atoms with Crippen LogP contribution in [-0.2, 0) is 4.79 Å². The normalized spacial score (nSPS) is 26.3. The number of hydrazone groups is 1. The van der Waals surface area contributed by atoms with Crippen LogP contribution in [-0.4, -0.2) is 58.8 Å². The third-order valence-corrected chi connectivity index (χ3v) is 5.31. The van der Waals surface area contributed by atoms with E-state index in [0.717, 1.165) is 26.1 Å². The molecule has 7 nitrogen and oxygen atoms in total. The second kappa shape index (κ2) is 7.17. The number of benzene rings is 1. The van der Waals surface area contributed by atoms with Crippen LogP contribution in [0.5, 0.6) is 0 Å². The van der Waals surface area contributed by atoms with E-state index < -0.39 is 11.5 Å². The van der Waals surface area contributed by atoms with Crippen molar-refractivity contribution in [3.63, 3.8) is 0 Å². The van der Waals surface area contributed by atoms with Crippen molar-refractivity contribution in [1.29, 1.82) is 0 Å². The molecule has 2 amide bonds. The zero-order chi connectivity index (χ0) is 18.9. The first-order valence-corrected chi connectivity index (χ1v) is 9.15. The van der Waals surface area contributed by atoms with Gasteiger partial charge in [-0.1, -0.05) is 19.9 Å². The molecule has 0 spiro atoms. The lowest BCUT2D eigenvalue weighted by atomic mass is 9.95. The summed E-state index contributed by atoms with van der Waals surface area (Å²) in [5.41, 5.74) is -0.241. The third kappa shape index (κ3) is 3.24. The van der Waals surface area contributed by atoms with Crippen LogP contribution >= 0.6 is 0 Å². The van der Waals surface area contributed by atoms with Gasteiger partial charge in [0, 0.05) is 24.7 Å². The Labute approximate surface area is 153 Å². The monoisotopic (exact) mass is 358 g/mol. The molecule has 1 saturated heterocycles. The third-order valence-electron chi connectivity index (χ3n) is 5.31. The quantitative estimate of drug-likeness (QED) is 0.833. The number of hydrogen-bond donors (Lipinski definition) is 2. The van der Waals surface area contributed by atoms with Crippen LogP contribution in [0.2, 0.25) is 0 Å².